The van der Waals surface area contributed by atoms with E-state index in [0.29, 0.717) is 0 Å². The first-order chi connectivity index (χ1) is 14.8. The maximum Gasteiger partial charge on any atom is 0.151 e. The first kappa shape index (κ1) is 19.2. The molecule has 1 aromatic carbocycles. The Morgan fingerprint density at radius 1 is 1.03 bits per heavy atom. The molecular weight excluding hydrogens is 414 g/mol. The Morgan fingerprint density at radius 3 is 2.93 bits per heavy atom. The molecule has 5 aromatic rings. The fourth-order valence-corrected chi connectivity index (χ4v) is 5.44. The minimum Gasteiger partial charge on any atom is -0.383 e. The number of hydrogen-bond donors (Lipinski definition) is 3. The molecule has 30 heavy (non-hydrogen) atoms. The SMILES string of the molecule is COCCNCc1ccc(-c2cc3ncnc(Nc4ccc5[nH]ccc5c4)c3s2)s1. The Labute approximate surface area is 182 Å². The number of anilines is 2. The molecule has 0 atom stereocenters. The predicted octanol–water partition coefficient (Wildman–Crippen LogP) is 5.38. The van der Waals surface area contributed by atoms with Crippen molar-refractivity contribution in [3.63, 3.8) is 0 Å². The van der Waals surface area contributed by atoms with Gasteiger partial charge in [0.15, 0.2) is 5.82 Å². The maximum atomic E-state index is 5.08. The van der Waals surface area contributed by atoms with Gasteiger partial charge in [-0.05, 0) is 42.5 Å². The molecule has 8 heteroatoms. The van der Waals surface area contributed by atoms with E-state index >= 15 is 0 Å². The number of nitrogens with zero attached hydrogens (tertiary/aromatic N) is 2. The average molecular weight is 436 g/mol. The highest BCUT2D eigenvalue weighted by molar-refractivity contribution is 7.26. The zero-order valence-corrected chi connectivity index (χ0v) is 18.1. The third-order valence-corrected chi connectivity index (χ3v) is 7.23. The molecule has 0 aliphatic rings. The number of nitrogens with one attached hydrogen (secondary N) is 3. The zero-order valence-electron chi connectivity index (χ0n) is 16.4. The smallest absolute Gasteiger partial charge is 0.151 e. The number of H-pyrrole nitrogens is 1. The van der Waals surface area contributed by atoms with Gasteiger partial charge in [-0.3, -0.25) is 0 Å². The van der Waals surface area contributed by atoms with Crippen molar-refractivity contribution in [2.75, 3.05) is 25.6 Å². The highest BCUT2D eigenvalue weighted by Gasteiger charge is 2.12. The van der Waals surface area contributed by atoms with E-state index in [4.69, 9.17) is 4.74 Å². The lowest BCUT2D eigenvalue weighted by atomic mass is 10.2. The van der Waals surface area contributed by atoms with Crippen molar-refractivity contribution in [3.05, 3.63) is 59.9 Å². The topological polar surface area (TPSA) is 74.9 Å². The van der Waals surface area contributed by atoms with Crippen molar-refractivity contribution in [3.8, 4) is 9.75 Å². The van der Waals surface area contributed by atoms with E-state index in [-0.39, 0.29) is 0 Å². The van der Waals surface area contributed by atoms with Crippen LogP contribution in [-0.2, 0) is 11.3 Å². The number of hydrogen-bond acceptors (Lipinski definition) is 7. The van der Waals surface area contributed by atoms with E-state index < -0.39 is 0 Å². The number of rotatable bonds is 8. The molecule has 3 N–H and O–H groups in total. The summed E-state index contributed by atoms with van der Waals surface area (Å²) in [6.45, 7) is 2.43. The summed E-state index contributed by atoms with van der Waals surface area (Å²) in [5.41, 5.74) is 3.10. The lowest BCUT2D eigenvalue weighted by Gasteiger charge is -2.06. The molecule has 5 rings (SSSR count). The Bertz CT molecular complexity index is 1290. The molecule has 0 radical (unpaired) electrons. The minimum absolute atomic E-state index is 0.722. The van der Waals surface area contributed by atoms with Crippen LogP contribution in [0.5, 0.6) is 0 Å². The number of thiophene rings is 2. The Balaban J connectivity index is 1.39. The van der Waals surface area contributed by atoms with Gasteiger partial charge in [0, 0.05) is 57.6 Å². The second-order valence-corrected chi connectivity index (χ2v) is 9.11. The maximum absolute atomic E-state index is 5.08. The van der Waals surface area contributed by atoms with Gasteiger partial charge in [-0.2, -0.15) is 0 Å². The summed E-state index contributed by atoms with van der Waals surface area (Å²) in [5.74, 6) is 0.837. The molecule has 0 amide bonds. The van der Waals surface area contributed by atoms with Crippen molar-refractivity contribution < 1.29 is 4.74 Å². The van der Waals surface area contributed by atoms with Crippen LogP contribution < -0.4 is 10.6 Å². The molecule has 152 valence electrons. The number of ether oxygens (including phenoxy) is 1. The summed E-state index contributed by atoms with van der Waals surface area (Å²) in [4.78, 5) is 16.0. The van der Waals surface area contributed by atoms with Crippen LogP contribution in [0.1, 0.15) is 4.88 Å². The van der Waals surface area contributed by atoms with Crippen LogP contribution in [0, 0.1) is 0 Å². The largest absolute Gasteiger partial charge is 0.383 e. The molecule has 0 aliphatic heterocycles. The average Bonchev–Trinajstić information content (AvgIpc) is 3.49. The fourth-order valence-electron chi connectivity index (χ4n) is 3.32. The van der Waals surface area contributed by atoms with Crippen LogP contribution in [0.3, 0.4) is 0 Å². The van der Waals surface area contributed by atoms with E-state index in [1.165, 1.54) is 20.0 Å². The molecule has 0 saturated carbocycles. The fraction of sp³-hybridized carbons (Fsp3) is 0.182. The number of benzene rings is 1. The van der Waals surface area contributed by atoms with E-state index in [9.17, 15) is 0 Å². The van der Waals surface area contributed by atoms with E-state index in [1.807, 2.05) is 6.20 Å². The van der Waals surface area contributed by atoms with E-state index in [1.54, 1.807) is 36.1 Å². The second kappa shape index (κ2) is 8.53. The molecule has 0 unspecified atom stereocenters. The quantitative estimate of drug-likeness (QED) is 0.285. The van der Waals surface area contributed by atoms with Crippen LogP contribution in [0.2, 0.25) is 0 Å². The Kier molecular flexibility index (Phi) is 5.46. The zero-order chi connectivity index (χ0) is 20.3. The third kappa shape index (κ3) is 3.95. The lowest BCUT2D eigenvalue weighted by Crippen LogP contribution is -2.17. The summed E-state index contributed by atoms with van der Waals surface area (Å²) in [5, 5.41) is 8.03. The summed E-state index contributed by atoms with van der Waals surface area (Å²) >= 11 is 3.53. The van der Waals surface area contributed by atoms with Crippen molar-refractivity contribution in [2.45, 2.75) is 6.54 Å². The van der Waals surface area contributed by atoms with E-state index in [0.717, 1.165) is 46.9 Å². The second-order valence-electron chi connectivity index (χ2n) is 6.89. The summed E-state index contributed by atoms with van der Waals surface area (Å²) in [7, 11) is 1.72. The standard InChI is InChI=1S/C22H21N5OS2/c1-28-9-8-23-12-16-3-5-19(29-16)20-11-18-21(30-20)22(26-13-25-18)27-15-2-4-17-14(10-15)6-7-24-17/h2-7,10-11,13,23-24H,8-9,12H2,1H3,(H,25,26,27). The third-order valence-electron chi connectivity index (χ3n) is 4.81. The van der Waals surface area contributed by atoms with Crippen LogP contribution >= 0.6 is 22.7 Å². The minimum atomic E-state index is 0.722. The Hall–Kier alpha value is -2.78. The first-order valence-corrected chi connectivity index (χ1v) is 11.3. The van der Waals surface area contributed by atoms with Gasteiger partial charge in [0.25, 0.3) is 0 Å². The van der Waals surface area contributed by atoms with Gasteiger partial charge in [-0.15, -0.1) is 22.7 Å². The molecule has 0 fully saturated rings. The van der Waals surface area contributed by atoms with Crippen molar-refractivity contribution in [1.82, 2.24) is 20.3 Å². The number of aromatic amines is 1. The van der Waals surface area contributed by atoms with E-state index in [2.05, 4.69) is 68.1 Å². The molecule has 4 heterocycles. The van der Waals surface area contributed by atoms with Gasteiger partial charge in [-0.25, -0.2) is 9.97 Å². The van der Waals surface area contributed by atoms with Gasteiger partial charge >= 0.3 is 0 Å². The van der Waals surface area contributed by atoms with Crippen LogP contribution in [-0.4, -0.2) is 35.2 Å². The van der Waals surface area contributed by atoms with Crippen LogP contribution in [0.4, 0.5) is 11.5 Å². The highest BCUT2D eigenvalue weighted by Crippen LogP contribution is 2.39. The molecule has 6 nitrogen and oxygen atoms in total. The van der Waals surface area contributed by atoms with Gasteiger partial charge in [-0.1, -0.05) is 0 Å². The van der Waals surface area contributed by atoms with Crippen molar-refractivity contribution in [2.24, 2.45) is 0 Å². The van der Waals surface area contributed by atoms with Crippen LogP contribution in [0.15, 0.2) is 55.0 Å². The van der Waals surface area contributed by atoms with Crippen molar-refractivity contribution in [1.29, 1.82) is 0 Å². The first-order valence-electron chi connectivity index (χ1n) is 9.67. The summed E-state index contributed by atoms with van der Waals surface area (Å²) in [6, 6.07) is 14.8. The number of fused-ring (bicyclic) bond motifs is 2. The predicted molar refractivity (Wildman–Crippen MR) is 126 cm³/mol. The molecule has 0 aliphatic carbocycles. The molecule has 4 aromatic heterocycles. The normalized spacial score (nSPS) is 11.5. The highest BCUT2D eigenvalue weighted by atomic mass is 32.1. The van der Waals surface area contributed by atoms with Crippen molar-refractivity contribution >= 4 is 55.3 Å². The summed E-state index contributed by atoms with van der Waals surface area (Å²) in [6.07, 6.45) is 3.57. The molecule has 0 spiro atoms. The Morgan fingerprint density at radius 2 is 2.00 bits per heavy atom. The molecule has 0 bridgehead atoms. The lowest BCUT2D eigenvalue weighted by molar-refractivity contribution is 0.199. The molecular formula is C22H21N5OS2. The van der Waals surface area contributed by atoms with Gasteiger partial charge in [0.05, 0.1) is 16.8 Å². The monoisotopic (exact) mass is 435 g/mol. The van der Waals surface area contributed by atoms with Gasteiger partial charge < -0.3 is 20.4 Å². The van der Waals surface area contributed by atoms with Gasteiger partial charge in [0.2, 0.25) is 0 Å². The number of aromatic nitrogens is 3. The van der Waals surface area contributed by atoms with Crippen LogP contribution in [0.25, 0.3) is 30.9 Å². The number of methoxy groups -OCH3 is 1. The molecule has 0 saturated heterocycles. The summed E-state index contributed by atoms with van der Waals surface area (Å²) < 4.78 is 6.15. The van der Waals surface area contributed by atoms with Gasteiger partial charge in [0.1, 0.15) is 6.33 Å².